The molecule has 3 heterocycles. The second-order valence-corrected chi connectivity index (χ2v) is 4.99. The van der Waals surface area contributed by atoms with Crippen molar-refractivity contribution in [1.82, 2.24) is 29.9 Å². The standard InChI is InChI=1S/C12H18N6/c1-9-5-11(17(2)16-9)7-18-4-3-10(6-18)12-13-8-14-15-12/h5,8,10H,3-4,6-7H2,1-2H3,(H,13,14,15)/t10-/m0/s1. The highest BCUT2D eigenvalue weighted by Gasteiger charge is 2.26. The molecule has 2 aromatic rings. The van der Waals surface area contributed by atoms with E-state index in [1.807, 2.05) is 18.7 Å². The molecule has 1 aliphatic heterocycles. The molecule has 6 heteroatoms. The van der Waals surface area contributed by atoms with E-state index in [-0.39, 0.29) is 0 Å². The van der Waals surface area contributed by atoms with Gasteiger partial charge in [-0.1, -0.05) is 0 Å². The molecule has 96 valence electrons. The average molecular weight is 246 g/mol. The van der Waals surface area contributed by atoms with Crippen LogP contribution in [-0.2, 0) is 13.6 Å². The molecule has 0 saturated carbocycles. The van der Waals surface area contributed by atoms with E-state index in [1.165, 1.54) is 5.69 Å². The summed E-state index contributed by atoms with van der Waals surface area (Å²) in [5, 5.41) is 11.3. The number of aromatic nitrogens is 5. The number of hydrogen-bond donors (Lipinski definition) is 1. The molecular weight excluding hydrogens is 228 g/mol. The fourth-order valence-electron chi connectivity index (χ4n) is 2.65. The molecule has 18 heavy (non-hydrogen) atoms. The fourth-order valence-corrected chi connectivity index (χ4v) is 2.65. The van der Waals surface area contributed by atoms with Gasteiger partial charge in [-0.2, -0.15) is 10.2 Å². The largest absolute Gasteiger partial charge is 0.297 e. The fraction of sp³-hybridized carbons (Fsp3) is 0.583. The number of nitrogens with zero attached hydrogens (tertiary/aromatic N) is 5. The maximum atomic E-state index is 4.38. The first-order chi connectivity index (χ1) is 8.72. The van der Waals surface area contributed by atoms with Crippen LogP contribution in [0.4, 0.5) is 0 Å². The van der Waals surface area contributed by atoms with Crippen LogP contribution in [0.1, 0.15) is 29.6 Å². The summed E-state index contributed by atoms with van der Waals surface area (Å²) in [4.78, 5) is 6.70. The van der Waals surface area contributed by atoms with Crippen LogP contribution in [0.25, 0.3) is 0 Å². The molecule has 0 aromatic carbocycles. The number of likely N-dealkylation sites (tertiary alicyclic amines) is 1. The molecule has 0 unspecified atom stereocenters. The van der Waals surface area contributed by atoms with Crippen LogP contribution in [0, 0.1) is 6.92 Å². The maximum absolute atomic E-state index is 4.38. The van der Waals surface area contributed by atoms with Crippen LogP contribution in [0.15, 0.2) is 12.4 Å². The zero-order chi connectivity index (χ0) is 12.5. The molecule has 3 rings (SSSR count). The van der Waals surface area contributed by atoms with Crippen molar-refractivity contribution in [2.24, 2.45) is 7.05 Å². The molecule has 0 spiro atoms. The zero-order valence-corrected chi connectivity index (χ0v) is 10.8. The molecule has 0 bridgehead atoms. The highest BCUT2D eigenvalue weighted by molar-refractivity contribution is 5.09. The lowest BCUT2D eigenvalue weighted by molar-refractivity contribution is 0.316. The Kier molecular flexibility index (Phi) is 2.87. The minimum Gasteiger partial charge on any atom is -0.297 e. The van der Waals surface area contributed by atoms with Crippen LogP contribution in [0.2, 0.25) is 0 Å². The Hall–Kier alpha value is -1.69. The van der Waals surface area contributed by atoms with E-state index in [9.17, 15) is 0 Å². The number of aryl methyl sites for hydroxylation is 2. The number of aromatic amines is 1. The van der Waals surface area contributed by atoms with E-state index < -0.39 is 0 Å². The topological polar surface area (TPSA) is 62.6 Å². The van der Waals surface area contributed by atoms with E-state index in [2.05, 4.69) is 31.2 Å². The molecule has 0 aliphatic carbocycles. The number of rotatable bonds is 3. The Morgan fingerprint density at radius 2 is 2.39 bits per heavy atom. The monoisotopic (exact) mass is 246 g/mol. The van der Waals surface area contributed by atoms with Crippen LogP contribution in [0.5, 0.6) is 0 Å². The molecule has 6 nitrogen and oxygen atoms in total. The van der Waals surface area contributed by atoms with Gasteiger partial charge < -0.3 is 0 Å². The number of H-pyrrole nitrogens is 1. The quantitative estimate of drug-likeness (QED) is 0.871. The molecule has 1 saturated heterocycles. The summed E-state index contributed by atoms with van der Waals surface area (Å²) in [7, 11) is 2.01. The molecule has 1 aliphatic rings. The lowest BCUT2D eigenvalue weighted by Crippen LogP contribution is -2.21. The average Bonchev–Trinajstić information content (AvgIpc) is 3.02. The Bertz CT molecular complexity index is 515. The van der Waals surface area contributed by atoms with Gasteiger partial charge in [-0.15, -0.1) is 0 Å². The van der Waals surface area contributed by atoms with Crippen molar-refractivity contribution in [3.63, 3.8) is 0 Å². The Morgan fingerprint density at radius 3 is 3.06 bits per heavy atom. The minimum atomic E-state index is 0.488. The van der Waals surface area contributed by atoms with Crippen LogP contribution in [-0.4, -0.2) is 43.0 Å². The third-order valence-electron chi connectivity index (χ3n) is 3.58. The highest BCUT2D eigenvalue weighted by Crippen LogP contribution is 2.25. The first-order valence-electron chi connectivity index (χ1n) is 6.29. The van der Waals surface area contributed by atoms with Crippen LogP contribution in [0.3, 0.4) is 0 Å². The first-order valence-corrected chi connectivity index (χ1v) is 6.29. The van der Waals surface area contributed by atoms with Crippen LogP contribution >= 0.6 is 0 Å². The van der Waals surface area contributed by atoms with Gasteiger partial charge in [0.25, 0.3) is 0 Å². The third-order valence-corrected chi connectivity index (χ3v) is 3.58. The lowest BCUT2D eigenvalue weighted by atomic mass is 10.1. The van der Waals surface area contributed by atoms with Gasteiger partial charge in [0.15, 0.2) is 0 Å². The third kappa shape index (κ3) is 2.15. The molecule has 0 amide bonds. The predicted octanol–water partition coefficient (Wildman–Crippen LogP) is 0.836. The normalized spacial score (nSPS) is 20.7. The summed E-state index contributed by atoms with van der Waals surface area (Å²) in [5.74, 6) is 1.50. The summed E-state index contributed by atoms with van der Waals surface area (Å²) in [6.45, 7) is 5.14. The Morgan fingerprint density at radius 1 is 1.50 bits per heavy atom. The minimum absolute atomic E-state index is 0.488. The maximum Gasteiger partial charge on any atom is 0.137 e. The molecule has 0 radical (unpaired) electrons. The molecule has 1 atom stereocenters. The van der Waals surface area contributed by atoms with Crippen molar-refractivity contribution in [2.45, 2.75) is 25.8 Å². The Labute approximate surface area is 106 Å². The van der Waals surface area contributed by atoms with Gasteiger partial charge >= 0.3 is 0 Å². The predicted molar refractivity (Wildman–Crippen MR) is 67.0 cm³/mol. The van der Waals surface area contributed by atoms with Crippen molar-refractivity contribution in [1.29, 1.82) is 0 Å². The van der Waals surface area contributed by atoms with Gasteiger partial charge in [0.05, 0.1) is 11.4 Å². The lowest BCUT2D eigenvalue weighted by Gasteiger charge is -2.15. The van der Waals surface area contributed by atoms with Gasteiger partial charge in [-0.3, -0.25) is 14.7 Å². The summed E-state index contributed by atoms with van der Waals surface area (Å²) in [6.07, 6.45) is 2.73. The van der Waals surface area contributed by atoms with E-state index in [1.54, 1.807) is 6.33 Å². The SMILES string of the molecule is Cc1cc(CN2CC[C@H](c3ncn[nH]3)C2)n(C)n1. The summed E-state index contributed by atoms with van der Waals surface area (Å²) in [5.41, 5.74) is 2.35. The summed E-state index contributed by atoms with van der Waals surface area (Å²) >= 11 is 0. The first kappa shape index (κ1) is 11.4. The van der Waals surface area contributed by atoms with Gasteiger partial charge in [0.1, 0.15) is 12.2 Å². The van der Waals surface area contributed by atoms with E-state index in [0.29, 0.717) is 5.92 Å². The van der Waals surface area contributed by atoms with Crippen molar-refractivity contribution < 1.29 is 0 Å². The van der Waals surface area contributed by atoms with E-state index in [0.717, 1.165) is 37.6 Å². The second-order valence-electron chi connectivity index (χ2n) is 4.99. The molecule has 1 fully saturated rings. The smallest absolute Gasteiger partial charge is 0.137 e. The van der Waals surface area contributed by atoms with Gasteiger partial charge in [-0.25, -0.2) is 4.98 Å². The van der Waals surface area contributed by atoms with Gasteiger partial charge in [0, 0.05) is 26.1 Å². The van der Waals surface area contributed by atoms with Gasteiger partial charge in [0.2, 0.25) is 0 Å². The summed E-state index contributed by atoms with van der Waals surface area (Å²) < 4.78 is 1.97. The number of hydrogen-bond acceptors (Lipinski definition) is 4. The van der Waals surface area contributed by atoms with Crippen LogP contribution < -0.4 is 0 Å². The van der Waals surface area contributed by atoms with Crippen molar-refractivity contribution in [2.75, 3.05) is 13.1 Å². The van der Waals surface area contributed by atoms with Crippen molar-refractivity contribution >= 4 is 0 Å². The number of nitrogens with one attached hydrogen (secondary N) is 1. The van der Waals surface area contributed by atoms with E-state index >= 15 is 0 Å². The second kappa shape index (κ2) is 4.53. The molecule has 1 N–H and O–H groups in total. The highest BCUT2D eigenvalue weighted by atomic mass is 15.3. The van der Waals surface area contributed by atoms with Gasteiger partial charge in [-0.05, 0) is 26.0 Å². The van der Waals surface area contributed by atoms with E-state index in [4.69, 9.17) is 0 Å². The van der Waals surface area contributed by atoms with Crippen molar-refractivity contribution in [3.05, 3.63) is 29.6 Å². The molecular formula is C12H18N6. The molecule has 2 aromatic heterocycles. The van der Waals surface area contributed by atoms with Crippen molar-refractivity contribution in [3.8, 4) is 0 Å². The zero-order valence-electron chi connectivity index (χ0n) is 10.8. The summed E-state index contributed by atoms with van der Waals surface area (Å²) in [6, 6.07) is 2.15. The Balaban J connectivity index is 1.64.